The number of hydrogen-bond donors (Lipinski definition) is 1. The van der Waals surface area contributed by atoms with Crippen molar-refractivity contribution in [2.75, 3.05) is 7.11 Å². The molecule has 0 spiro atoms. The summed E-state index contributed by atoms with van der Waals surface area (Å²) in [6.07, 6.45) is -4.11. The number of rotatable bonds is 2. The van der Waals surface area contributed by atoms with Gasteiger partial charge in [-0.3, -0.25) is 0 Å². The summed E-state index contributed by atoms with van der Waals surface area (Å²) in [4.78, 5) is 10.6. The van der Waals surface area contributed by atoms with Crippen molar-refractivity contribution < 1.29 is 22.7 Å². The number of alkyl halides is 3. The maximum absolute atomic E-state index is 12.3. The van der Waals surface area contributed by atoms with Crippen LogP contribution >= 0.6 is 0 Å². The molecular weight excluding hydrogens is 237 g/mol. The van der Waals surface area contributed by atoms with Crippen LogP contribution in [0.25, 0.3) is 0 Å². The van der Waals surface area contributed by atoms with Gasteiger partial charge in [0, 0.05) is 0 Å². The summed E-state index contributed by atoms with van der Waals surface area (Å²) in [7, 11) is 1.15. The molecule has 0 fully saturated rings. The lowest BCUT2D eigenvalue weighted by atomic mass is 10.1. The number of nitrogens with zero attached hydrogens (tertiary/aromatic N) is 1. The number of amides is 1. The Morgan fingerprint density at radius 1 is 1.47 bits per heavy atom. The molecule has 1 N–H and O–H groups in total. The minimum absolute atomic E-state index is 0.219. The predicted octanol–water partition coefficient (Wildman–Crippen LogP) is 2.40. The van der Waals surface area contributed by atoms with Gasteiger partial charge < -0.3 is 4.74 Å². The zero-order valence-electron chi connectivity index (χ0n) is 8.78. The fraction of sp³-hybridized carbons (Fsp3) is 0.200. The molecular formula is C10H9F3N2O2. The average molecular weight is 246 g/mol. The molecule has 92 valence electrons. The molecule has 0 unspecified atom stereocenters. The van der Waals surface area contributed by atoms with E-state index in [0.717, 1.165) is 25.5 Å². The van der Waals surface area contributed by atoms with E-state index in [2.05, 4.69) is 9.84 Å². The molecule has 0 saturated carbocycles. The van der Waals surface area contributed by atoms with E-state index >= 15 is 0 Å². The van der Waals surface area contributed by atoms with Crippen LogP contribution in [0.1, 0.15) is 11.1 Å². The first-order valence-corrected chi connectivity index (χ1v) is 4.48. The number of hydrogen-bond acceptors (Lipinski definition) is 3. The summed E-state index contributed by atoms with van der Waals surface area (Å²) in [6.45, 7) is 0. The third-order valence-electron chi connectivity index (χ3n) is 1.77. The van der Waals surface area contributed by atoms with Crippen LogP contribution in [0.4, 0.5) is 18.0 Å². The molecule has 1 aromatic rings. The smallest absolute Gasteiger partial charge is 0.427 e. The summed E-state index contributed by atoms with van der Waals surface area (Å²) in [6, 6.07) is 4.55. The van der Waals surface area contributed by atoms with E-state index in [4.69, 9.17) is 0 Å². The molecule has 0 aliphatic carbocycles. The van der Waals surface area contributed by atoms with E-state index in [1.807, 2.05) is 5.43 Å². The second-order valence-corrected chi connectivity index (χ2v) is 2.98. The monoisotopic (exact) mass is 246 g/mol. The number of benzene rings is 1. The highest BCUT2D eigenvalue weighted by molar-refractivity contribution is 5.81. The van der Waals surface area contributed by atoms with Crippen molar-refractivity contribution in [1.82, 2.24) is 5.43 Å². The molecule has 0 bridgehead atoms. The van der Waals surface area contributed by atoms with Gasteiger partial charge in [-0.25, -0.2) is 10.2 Å². The van der Waals surface area contributed by atoms with Crippen LogP contribution in [-0.4, -0.2) is 19.4 Å². The Kier molecular flexibility index (Phi) is 4.08. The molecule has 0 saturated heterocycles. The Labute approximate surface area is 95.1 Å². The fourth-order valence-electron chi connectivity index (χ4n) is 1.00. The Morgan fingerprint density at radius 3 is 2.76 bits per heavy atom. The maximum atomic E-state index is 12.3. The van der Waals surface area contributed by atoms with E-state index in [1.165, 1.54) is 12.1 Å². The first-order chi connectivity index (χ1) is 7.93. The van der Waals surface area contributed by atoms with Crippen LogP contribution in [0, 0.1) is 0 Å². The van der Waals surface area contributed by atoms with Crippen LogP contribution < -0.4 is 5.43 Å². The van der Waals surface area contributed by atoms with Gasteiger partial charge in [-0.15, -0.1) is 0 Å². The number of carbonyl (C=O) groups is 1. The largest absolute Gasteiger partial charge is 0.452 e. The highest BCUT2D eigenvalue weighted by Crippen LogP contribution is 2.29. The number of halogens is 3. The second-order valence-electron chi connectivity index (χ2n) is 2.98. The minimum Gasteiger partial charge on any atom is -0.452 e. The van der Waals surface area contributed by atoms with Gasteiger partial charge in [-0.05, 0) is 17.7 Å². The first-order valence-electron chi connectivity index (χ1n) is 4.48. The second kappa shape index (κ2) is 5.33. The highest BCUT2D eigenvalue weighted by atomic mass is 19.4. The molecule has 0 aliphatic rings. The van der Waals surface area contributed by atoms with E-state index in [1.54, 1.807) is 0 Å². The van der Waals surface area contributed by atoms with Crippen molar-refractivity contribution in [1.29, 1.82) is 0 Å². The van der Waals surface area contributed by atoms with Gasteiger partial charge in [-0.1, -0.05) is 12.1 Å². The number of nitrogens with one attached hydrogen (secondary N) is 1. The first kappa shape index (κ1) is 13.0. The van der Waals surface area contributed by atoms with Crippen LogP contribution in [0.15, 0.2) is 29.4 Å². The Balaban J connectivity index is 2.76. The Hall–Kier alpha value is -2.05. The molecule has 1 rings (SSSR count). The van der Waals surface area contributed by atoms with Crippen LogP contribution in [0.5, 0.6) is 0 Å². The van der Waals surface area contributed by atoms with Gasteiger partial charge in [0.15, 0.2) is 0 Å². The van der Waals surface area contributed by atoms with Crippen molar-refractivity contribution in [3.05, 3.63) is 35.4 Å². The molecule has 0 aliphatic heterocycles. The minimum atomic E-state index is -4.40. The number of ether oxygens (including phenoxy) is 1. The van der Waals surface area contributed by atoms with Crippen molar-refractivity contribution >= 4 is 12.3 Å². The lowest BCUT2D eigenvalue weighted by Crippen LogP contribution is -2.16. The van der Waals surface area contributed by atoms with Gasteiger partial charge in [0.1, 0.15) is 0 Å². The summed E-state index contributed by atoms with van der Waals surface area (Å²) >= 11 is 0. The summed E-state index contributed by atoms with van der Waals surface area (Å²) in [5.41, 5.74) is 1.41. The van der Waals surface area contributed by atoms with Crippen LogP contribution in [0.2, 0.25) is 0 Å². The number of hydrazone groups is 1. The molecule has 4 nitrogen and oxygen atoms in total. The molecule has 0 aromatic heterocycles. The van der Waals surface area contributed by atoms with Crippen molar-refractivity contribution in [3.8, 4) is 0 Å². The third-order valence-corrected chi connectivity index (χ3v) is 1.77. The normalized spacial score (nSPS) is 11.5. The summed E-state index contributed by atoms with van der Waals surface area (Å²) in [5, 5.41) is 3.42. The van der Waals surface area contributed by atoms with E-state index in [0.29, 0.717) is 0 Å². The molecule has 1 amide bonds. The van der Waals surface area contributed by atoms with Gasteiger partial charge in [0.05, 0.1) is 18.9 Å². The van der Waals surface area contributed by atoms with Gasteiger partial charge in [-0.2, -0.15) is 18.3 Å². The molecule has 0 atom stereocenters. The van der Waals surface area contributed by atoms with Crippen LogP contribution in [0.3, 0.4) is 0 Å². The van der Waals surface area contributed by atoms with Gasteiger partial charge in [0.2, 0.25) is 0 Å². The Morgan fingerprint density at radius 2 is 2.18 bits per heavy atom. The van der Waals surface area contributed by atoms with Crippen molar-refractivity contribution in [3.63, 3.8) is 0 Å². The molecule has 7 heteroatoms. The SMILES string of the molecule is COC(=O)NN=Cc1cccc(C(F)(F)F)c1. The maximum Gasteiger partial charge on any atom is 0.427 e. The summed E-state index contributed by atoms with van der Waals surface area (Å²) < 4.78 is 41.2. The quantitative estimate of drug-likeness (QED) is 0.643. The molecule has 0 radical (unpaired) electrons. The molecule has 0 heterocycles. The Bertz CT molecular complexity index is 430. The van der Waals surface area contributed by atoms with Gasteiger partial charge >= 0.3 is 12.3 Å². The van der Waals surface area contributed by atoms with E-state index in [9.17, 15) is 18.0 Å². The lowest BCUT2D eigenvalue weighted by molar-refractivity contribution is -0.137. The standard InChI is InChI=1S/C10H9F3N2O2/c1-17-9(16)15-14-6-7-3-2-4-8(5-7)10(11,12)13/h2-6H,1H3,(H,15,16). The number of carbonyl (C=O) groups excluding carboxylic acids is 1. The topological polar surface area (TPSA) is 50.7 Å². The van der Waals surface area contributed by atoms with E-state index < -0.39 is 17.8 Å². The zero-order chi connectivity index (χ0) is 12.9. The van der Waals surface area contributed by atoms with Crippen molar-refractivity contribution in [2.24, 2.45) is 5.10 Å². The highest BCUT2D eigenvalue weighted by Gasteiger charge is 2.30. The van der Waals surface area contributed by atoms with Gasteiger partial charge in [0.25, 0.3) is 0 Å². The predicted molar refractivity (Wildman–Crippen MR) is 54.6 cm³/mol. The average Bonchev–Trinajstić information content (AvgIpc) is 2.28. The van der Waals surface area contributed by atoms with Crippen LogP contribution in [-0.2, 0) is 10.9 Å². The fourth-order valence-corrected chi connectivity index (χ4v) is 1.00. The molecule has 17 heavy (non-hydrogen) atoms. The lowest BCUT2D eigenvalue weighted by Gasteiger charge is -2.06. The zero-order valence-corrected chi connectivity index (χ0v) is 8.78. The third kappa shape index (κ3) is 4.13. The molecule has 1 aromatic carbocycles. The number of methoxy groups -OCH3 is 1. The van der Waals surface area contributed by atoms with Crippen molar-refractivity contribution in [2.45, 2.75) is 6.18 Å². The van der Waals surface area contributed by atoms with E-state index in [-0.39, 0.29) is 5.56 Å². The summed E-state index contributed by atoms with van der Waals surface area (Å²) in [5.74, 6) is 0.